The van der Waals surface area contributed by atoms with Crippen molar-refractivity contribution < 1.29 is 18.0 Å². The van der Waals surface area contributed by atoms with Crippen molar-refractivity contribution in [2.45, 2.75) is 17.9 Å². The molecule has 0 unspecified atom stereocenters. The van der Waals surface area contributed by atoms with Gasteiger partial charge in [0.25, 0.3) is 5.56 Å². The molecule has 34 heavy (non-hydrogen) atoms. The minimum atomic E-state index is -4.59. The zero-order valence-corrected chi connectivity index (χ0v) is 18.3. The largest absolute Gasteiger partial charge is 0.416 e. The molecule has 0 spiro atoms. The van der Waals surface area contributed by atoms with Crippen molar-refractivity contribution in [1.82, 2.24) is 24.3 Å². The van der Waals surface area contributed by atoms with Gasteiger partial charge in [-0.2, -0.15) is 18.3 Å². The van der Waals surface area contributed by atoms with Crippen LogP contribution >= 0.6 is 11.8 Å². The Morgan fingerprint density at radius 1 is 1.21 bits per heavy atom. The lowest BCUT2D eigenvalue weighted by Crippen LogP contribution is -2.24. The van der Waals surface area contributed by atoms with Crippen LogP contribution in [0.15, 0.2) is 77.7 Å². The highest BCUT2D eigenvalue weighted by atomic mass is 32.2. The van der Waals surface area contributed by atoms with Gasteiger partial charge in [0.05, 0.1) is 33.6 Å². The molecule has 0 saturated carbocycles. The van der Waals surface area contributed by atoms with E-state index in [9.17, 15) is 22.8 Å². The molecular formula is C22H17F3N6O2S. The van der Waals surface area contributed by atoms with E-state index in [1.165, 1.54) is 34.0 Å². The van der Waals surface area contributed by atoms with E-state index in [2.05, 4.69) is 27.0 Å². The van der Waals surface area contributed by atoms with Crippen LogP contribution in [0.2, 0.25) is 0 Å². The Labute approximate surface area is 195 Å². The molecule has 1 amide bonds. The quantitative estimate of drug-likeness (QED) is 0.242. The van der Waals surface area contributed by atoms with E-state index in [0.717, 1.165) is 23.9 Å². The SMILES string of the molecule is C=CCn1c(SCC(=O)Nc2cc(C(F)(F)F)ccc2-n2cncn2)nc2ccccc2c1=O. The number of halogens is 3. The van der Waals surface area contributed by atoms with Gasteiger partial charge < -0.3 is 5.32 Å². The summed E-state index contributed by atoms with van der Waals surface area (Å²) < 4.78 is 42.3. The molecule has 0 bridgehead atoms. The normalized spacial score (nSPS) is 11.5. The number of anilines is 1. The zero-order chi connectivity index (χ0) is 24.3. The Balaban J connectivity index is 1.60. The number of hydrogen-bond donors (Lipinski definition) is 1. The maximum absolute atomic E-state index is 13.2. The maximum atomic E-state index is 13.2. The molecule has 1 N–H and O–H groups in total. The molecule has 2 aromatic heterocycles. The van der Waals surface area contributed by atoms with Gasteiger partial charge in [0.1, 0.15) is 12.7 Å². The third kappa shape index (κ3) is 4.86. The first kappa shape index (κ1) is 23.2. The van der Waals surface area contributed by atoms with Gasteiger partial charge in [0.15, 0.2) is 5.16 Å². The van der Waals surface area contributed by atoms with Gasteiger partial charge in [-0.3, -0.25) is 14.2 Å². The third-order valence-corrected chi connectivity index (χ3v) is 5.71. The van der Waals surface area contributed by atoms with E-state index >= 15 is 0 Å². The second kappa shape index (κ2) is 9.51. The Morgan fingerprint density at radius 2 is 2.00 bits per heavy atom. The molecule has 174 valence electrons. The smallest absolute Gasteiger partial charge is 0.323 e. The minimum Gasteiger partial charge on any atom is -0.323 e. The molecule has 8 nitrogen and oxygen atoms in total. The second-order valence-electron chi connectivity index (χ2n) is 7.02. The third-order valence-electron chi connectivity index (χ3n) is 4.73. The van der Waals surface area contributed by atoms with E-state index in [1.807, 2.05) is 0 Å². The number of benzene rings is 2. The van der Waals surface area contributed by atoms with E-state index in [4.69, 9.17) is 0 Å². The predicted molar refractivity (Wildman–Crippen MR) is 122 cm³/mol. The maximum Gasteiger partial charge on any atom is 0.416 e. The van der Waals surface area contributed by atoms with E-state index in [1.54, 1.807) is 24.3 Å². The average molecular weight is 486 g/mol. The Kier molecular flexibility index (Phi) is 6.50. The van der Waals surface area contributed by atoms with E-state index in [-0.39, 0.29) is 29.2 Å². The summed E-state index contributed by atoms with van der Waals surface area (Å²) in [6.07, 6.45) is -0.525. The summed E-state index contributed by atoms with van der Waals surface area (Å²) in [7, 11) is 0. The van der Waals surface area contributed by atoms with Crippen molar-refractivity contribution in [3.63, 3.8) is 0 Å². The Morgan fingerprint density at radius 3 is 2.71 bits per heavy atom. The van der Waals surface area contributed by atoms with Crippen LogP contribution in [0, 0.1) is 0 Å². The fourth-order valence-corrected chi connectivity index (χ4v) is 4.02. The molecule has 2 aromatic carbocycles. The summed E-state index contributed by atoms with van der Waals surface area (Å²) in [6.45, 7) is 3.84. The fraction of sp³-hybridized carbons (Fsp3) is 0.136. The van der Waals surface area contributed by atoms with Gasteiger partial charge in [0.2, 0.25) is 5.91 Å². The lowest BCUT2D eigenvalue weighted by molar-refractivity contribution is -0.137. The highest BCUT2D eigenvalue weighted by molar-refractivity contribution is 7.99. The second-order valence-corrected chi connectivity index (χ2v) is 7.97. The van der Waals surface area contributed by atoms with Gasteiger partial charge >= 0.3 is 6.18 Å². The van der Waals surface area contributed by atoms with Crippen LogP contribution in [-0.2, 0) is 17.5 Å². The van der Waals surface area contributed by atoms with Gasteiger partial charge in [-0.1, -0.05) is 30.0 Å². The van der Waals surface area contributed by atoms with Crippen LogP contribution in [0.5, 0.6) is 0 Å². The number of alkyl halides is 3. The summed E-state index contributed by atoms with van der Waals surface area (Å²) in [5.74, 6) is -0.784. The number of amides is 1. The van der Waals surface area contributed by atoms with Crippen LogP contribution in [0.3, 0.4) is 0 Å². The molecule has 4 rings (SSSR count). The Hall–Kier alpha value is -3.93. The number of aromatic nitrogens is 5. The van der Waals surface area contributed by atoms with Crippen LogP contribution in [0.25, 0.3) is 16.6 Å². The van der Waals surface area contributed by atoms with Gasteiger partial charge in [-0.25, -0.2) is 14.6 Å². The van der Waals surface area contributed by atoms with Gasteiger partial charge in [0, 0.05) is 6.54 Å². The van der Waals surface area contributed by atoms with Crippen molar-refractivity contribution in [2.75, 3.05) is 11.1 Å². The molecule has 0 saturated heterocycles. The molecule has 0 aliphatic rings. The number of rotatable bonds is 7. The summed E-state index contributed by atoms with van der Waals surface area (Å²) in [5.41, 5.74) is -0.589. The highest BCUT2D eigenvalue weighted by Gasteiger charge is 2.31. The number of thioether (sulfide) groups is 1. The van der Waals surface area contributed by atoms with Crippen molar-refractivity contribution in [2.24, 2.45) is 0 Å². The number of allylic oxidation sites excluding steroid dienone is 1. The number of hydrogen-bond acceptors (Lipinski definition) is 6. The van der Waals surface area contributed by atoms with Crippen molar-refractivity contribution in [3.05, 3.63) is 83.7 Å². The number of fused-ring (bicyclic) bond motifs is 1. The zero-order valence-electron chi connectivity index (χ0n) is 17.5. The monoisotopic (exact) mass is 486 g/mol. The number of nitrogens with zero attached hydrogens (tertiary/aromatic N) is 5. The van der Waals surface area contributed by atoms with E-state index < -0.39 is 17.6 Å². The molecule has 2 heterocycles. The highest BCUT2D eigenvalue weighted by Crippen LogP contribution is 2.33. The topological polar surface area (TPSA) is 94.7 Å². The summed E-state index contributed by atoms with van der Waals surface area (Å²) in [6, 6.07) is 9.75. The lowest BCUT2D eigenvalue weighted by atomic mass is 10.1. The number of carbonyl (C=O) groups excluding carboxylic acids is 1. The first-order valence-electron chi connectivity index (χ1n) is 9.87. The summed E-state index contributed by atoms with van der Waals surface area (Å²) in [5, 5.41) is 7.14. The van der Waals surface area contributed by atoms with Crippen molar-refractivity contribution in [3.8, 4) is 5.69 Å². The summed E-state index contributed by atoms with van der Waals surface area (Å²) >= 11 is 0.991. The van der Waals surface area contributed by atoms with E-state index in [0.29, 0.717) is 16.1 Å². The van der Waals surface area contributed by atoms with Gasteiger partial charge in [-0.05, 0) is 30.3 Å². The van der Waals surface area contributed by atoms with Crippen molar-refractivity contribution in [1.29, 1.82) is 0 Å². The first-order valence-corrected chi connectivity index (χ1v) is 10.9. The number of nitrogens with one attached hydrogen (secondary N) is 1. The molecule has 0 atom stereocenters. The molecule has 4 aromatic rings. The molecule has 0 aliphatic carbocycles. The number of carbonyl (C=O) groups is 1. The molecule has 12 heteroatoms. The molecule has 0 radical (unpaired) electrons. The first-order chi connectivity index (χ1) is 16.3. The Bertz CT molecular complexity index is 1420. The fourth-order valence-electron chi connectivity index (χ4n) is 3.21. The molecule has 0 fully saturated rings. The van der Waals surface area contributed by atoms with Crippen LogP contribution < -0.4 is 10.9 Å². The van der Waals surface area contributed by atoms with Crippen LogP contribution in [-0.4, -0.2) is 36.0 Å². The minimum absolute atomic E-state index is 0.0825. The molecule has 0 aliphatic heterocycles. The summed E-state index contributed by atoms with van der Waals surface area (Å²) in [4.78, 5) is 33.8. The average Bonchev–Trinajstić information content (AvgIpc) is 3.34. The van der Waals surface area contributed by atoms with Gasteiger partial charge in [-0.15, -0.1) is 6.58 Å². The standard InChI is InChI=1S/C22H17F3N6O2S/c1-2-9-30-20(33)15-5-3-4-6-16(15)29-21(30)34-11-19(32)28-17-10-14(22(23,24)25)7-8-18(17)31-13-26-12-27-31/h2-8,10,12-13H,1,9,11H2,(H,28,32). The van der Waals surface area contributed by atoms with Crippen molar-refractivity contribution >= 4 is 34.3 Å². The van der Waals surface area contributed by atoms with Crippen LogP contribution in [0.4, 0.5) is 18.9 Å². The van der Waals surface area contributed by atoms with Crippen LogP contribution in [0.1, 0.15) is 5.56 Å². The predicted octanol–water partition coefficient (Wildman–Crippen LogP) is 3.91. The lowest BCUT2D eigenvalue weighted by Gasteiger charge is -2.15. The number of para-hydroxylation sites is 1. The molecular weight excluding hydrogens is 469 g/mol.